The molecule has 156 valence electrons. The van der Waals surface area contributed by atoms with Crippen molar-refractivity contribution in [1.29, 1.82) is 0 Å². The number of fused-ring (bicyclic) bond motifs is 1. The van der Waals surface area contributed by atoms with E-state index in [0.29, 0.717) is 23.2 Å². The van der Waals surface area contributed by atoms with Crippen molar-refractivity contribution in [1.82, 2.24) is 14.8 Å². The number of aromatic amines is 1. The molecule has 1 aromatic heterocycles. The van der Waals surface area contributed by atoms with E-state index in [1.807, 2.05) is 0 Å². The second-order valence-electron chi connectivity index (χ2n) is 7.16. The number of phenolic OH excluding ortho intramolecular Hbond substituents is 1. The second-order valence-corrected chi connectivity index (χ2v) is 8.14. The molecule has 0 saturated heterocycles. The molecular weight excluding hydrogens is 394 g/mol. The number of carbonyl (C=O) groups is 2. The Morgan fingerprint density at radius 1 is 1.24 bits per heavy atom. The van der Waals surface area contributed by atoms with Crippen LogP contribution < -0.4 is 4.87 Å². The molecule has 3 N–H and O–H groups in total. The van der Waals surface area contributed by atoms with E-state index < -0.39 is 6.09 Å². The van der Waals surface area contributed by atoms with Gasteiger partial charge in [0.2, 0.25) is 5.91 Å². The number of nitrogens with zero attached hydrogens (tertiary/aromatic N) is 2. The maximum absolute atomic E-state index is 12.2. The molecule has 1 aromatic carbocycles. The first-order valence-corrected chi connectivity index (χ1v) is 10.5. The molecule has 1 aliphatic rings. The van der Waals surface area contributed by atoms with Crippen molar-refractivity contribution in [2.45, 2.75) is 38.1 Å². The molecule has 29 heavy (non-hydrogen) atoms. The topological polar surface area (TPSA) is 114 Å². The quantitative estimate of drug-likeness (QED) is 0.569. The molecule has 1 saturated carbocycles. The molecule has 0 bridgehead atoms. The van der Waals surface area contributed by atoms with E-state index in [1.54, 1.807) is 11.0 Å². The van der Waals surface area contributed by atoms with E-state index >= 15 is 0 Å². The van der Waals surface area contributed by atoms with Gasteiger partial charge in [-0.15, -0.1) is 0 Å². The lowest BCUT2D eigenvalue weighted by atomic mass is 10.1. The third kappa shape index (κ3) is 4.79. The van der Waals surface area contributed by atoms with Crippen LogP contribution in [0.25, 0.3) is 10.2 Å². The highest BCUT2D eigenvalue weighted by Gasteiger charge is 2.26. The van der Waals surface area contributed by atoms with Crippen molar-refractivity contribution in [2.24, 2.45) is 0 Å². The van der Waals surface area contributed by atoms with Crippen LogP contribution in [-0.2, 0) is 11.2 Å². The lowest BCUT2D eigenvalue weighted by Crippen LogP contribution is -2.44. The highest BCUT2D eigenvalue weighted by molar-refractivity contribution is 7.16. The number of benzene rings is 1. The molecule has 0 radical (unpaired) electrons. The maximum Gasteiger partial charge on any atom is 0.407 e. The summed E-state index contributed by atoms with van der Waals surface area (Å²) in [4.78, 5) is 40.9. The molecule has 3 rings (SSSR count). The number of carboxylic acid groups (broad SMARTS) is 1. The molecule has 2 amide bonds. The first kappa shape index (κ1) is 20.9. The number of aromatic hydroxyl groups is 1. The van der Waals surface area contributed by atoms with Gasteiger partial charge in [0.25, 0.3) is 0 Å². The third-order valence-corrected chi connectivity index (χ3v) is 6.35. The largest absolute Gasteiger partial charge is 0.506 e. The predicted octanol–water partition coefficient (Wildman–Crippen LogP) is 2.77. The van der Waals surface area contributed by atoms with E-state index in [-0.39, 0.29) is 35.7 Å². The molecule has 1 aliphatic carbocycles. The highest BCUT2D eigenvalue weighted by Crippen LogP contribution is 2.28. The summed E-state index contributed by atoms with van der Waals surface area (Å²) in [6.07, 6.45) is 4.64. The lowest BCUT2D eigenvalue weighted by molar-refractivity contribution is -0.128. The van der Waals surface area contributed by atoms with Crippen LogP contribution in [0.5, 0.6) is 5.75 Å². The van der Waals surface area contributed by atoms with Crippen molar-refractivity contribution in [3.63, 3.8) is 0 Å². The van der Waals surface area contributed by atoms with Crippen molar-refractivity contribution in [2.75, 3.05) is 19.6 Å². The van der Waals surface area contributed by atoms with E-state index in [9.17, 15) is 24.6 Å². The minimum atomic E-state index is -1.06. The summed E-state index contributed by atoms with van der Waals surface area (Å²) in [6.45, 7) is 4.31. The van der Waals surface area contributed by atoms with Gasteiger partial charge in [-0.1, -0.05) is 36.8 Å². The Morgan fingerprint density at radius 2 is 1.97 bits per heavy atom. The van der Waals surface area contributed by atoms with E-state index in [1.165, 1.54) is 17.0 Å². The predicted molar refractivity (Wildman–Crippen MR) is 112 cm³/mol. The number of nitrogens with one attached hydrogen (secondary N) is 1. The zero-order chi connectivity index (χ0) is 21.0. The van der Waals surface area contributed by atoms with Crippen molar-refractivity contribution < 1.29 is 19.8 Å². The normalized spacial score (nSPS) is 14.2. The fraction of sp³-hybridized carbons (Fsp3) is 0.450. The molecular formula is C20H25N3O5S. The SMILES string of the molecule is C=CC(=O)N(CCN(CCc1ccc(O)c2[nH]c(=O)sc12)C(=O)O)C1CCCC1. The molecule has 0 aliphatic heterocycles. The Morgan fingerprint density at radius 3 is 2.62 bits per heavy atom. The monoisotopic (exact) mass is 419 g/mol. The summed E-state index contributed by atoms with van der Waals surface area (Å²) in [6, 6.07) is 3.34. The summed E-state index contributed by atoms with van der Waals surface area (Å²) in [5.41, 5.74) is 1.17. The number of carbonyl (C=O) groups excluding carboxylic acids is 1. The first-order chi connectivity index (χ1) is 13.9. The number of rotatable bonds is 8. The van der Waals surface area contributed by atoms with Crippen molar-refractivity contribution in [3.8, 4) is 5.75 Å². The molecule has 1 heterocycles. The molecule has 8 nitrogen and oxygen atoms in total. The fourth-order valence-corrected chi connectivity index (χ4v) is 4.76. The van der Waals surface area contributed by atoms with E-state index in [0.717, 1.165) is 42.6 Å². The number of hydrogen-bond donors (Lipinski definition) is 3. The summed E-state index contributed by atoms with van der Waals surface area (Å²) in [5.74, 6) is -0.174. The summed E-state index contributed by atoms with van der Waals surface area (Å²) >= 11 is 0.994. The van der Waals surface area contributed by atoms with Gasteiger partial charge >= 0.3 is 11.0 Å². The molecule has 1 fully saturated rings. The van der Waals surface area contributed by atoms with Crippen LogP contribution in [-0.4, -0.2) is 62.7 Å². The standard InChI is InChI=1S/C20H25N3O5S/c1-2-16(25)23(14-5-3-4-6-14)12-11-22(20(27)28)10-9-13-7-8-15(24)17-18(13)29-19(26)21-17/h2,7-8,14,24H,1,3-6,9-12H2,(H,21,26)(H,27,28). The van der Waals surface area contributed by atoms with Gasteiger partial charge < -0.3 is 25.0 Å². The van der Waals surface area contributed by atoms with Gasteiger partial charge in [0, 0.05) is 25.7 Å². The summed E-state index contributed by atoms with van der Waals surface area (Å²) in [7, 11) is 0. The van der Waals surface area contributed by atoms with Gasteiger partial charge in [-0.05, 0) is 37.0 Å². The van der Waals surface area contributed by atoms with Crippen molar-refractivity contribution in [3.05, 3.63) is 40.0 Å². The average molecular weight is 420 g/mol. The lowest BCUT2D eigenvalue weighted by Gasteiger charge is -2.30. The van der Waals surface area contributed by atoms with Gasteiger partial charge in [0.1, 0.15) is 11.3 Å². The molecule has 0 spiro atoms. The Hall–Kier alpha value is -2.81. The van der Waals surface area contributed by atoms with Gasteiger partial charge in [-0.3, -0.25) is 9.59 Å². The highest BCUT2D eigenvalue weighted by atomic mass is 32.1. The second kappa shape index (κ2) is 9.13. The Labute approximate surface area is 172 Å². The first-order valence-electron chi connectivity index (χ1n) is 9.65. The number of H-pyrrole nitrogens is 1. The average Bonchev–Trinajstić information content (AvgIpc) is 3.35. The number of phenols is 1. The van der Waals surface area contributed by atoms with E-state index in [2.05, 4.69) is 11.6 Å². The van der Waals surface area contributed by atoms with Gasteiger partial charge in [-0.25, -0.2) is 4.79 Å². The molecule has 0 unspecified atom stereocenters. The minimum absolute atomic E-state index is 0.00710. The number of thiazole rings is 1. The maximum atomic E-state index is 12.2. The smallest absolute Gasteiger partial charge is 0.407 e. The molecule has 2 aromatic rings. The molecule has 9 heteroatoms. The van der Waals surface area contributed by atoms with Crippen LogP contribution >= 0.6 is 11.3 Å². The van der Waals surface area contributed by atoms with Crippen molar-refractivity contribution >= 4 is 33.6 Å². The van der Waals surface area contributed by atoms with Gasteiger partial charge in [0.05, 0.1) is 4.70 Å². The third-order valence-electron chi connectivity index (χ3n) is 5.39. The Balaban J connectivity index is 1.68. The van der Waals surface area contributed by atoms with Crippen LogP contribution in [0.3, 0.4) is 0 Å². The van der Waals surface area contributed by atoms with Crippen LogP contribution in [0.4, 0.5) is 4.79 Å². The fourth-order valence-electron chi connectivity index (χ4n) is 3.86. The minimum Gasteiger partial charge on any atom is -0.506 e. The number of aromatic nitrogens is 1. The van der Waals surface area contributed by atoms with Gasteiger partial charge in [-0.2, -0.15) is 0 Å². The van der Waals surface area contributed by atoms with Gasteiger partial charge in [0.15, 0.2) is 0 Å². The zero-order valence-electron chi connectivity index (χ0n) is 16.1. The summed E-state index contributed by atoms with van der Waals surface area (Å²) in [5, 5.41) is 19.5. The van der Waals surface area contributed by atoms with Crippen LogP contribution in [0, 0.1) is 0 Å². The number of hydrogen-bond acceptors (Lipinski definition) is 5. The zero-order valence-corrected chi connectivity index (χ0v) is 16.9. The van der Waals surface area contributed by atoms with Crippen LogP contribution in [0.2, 0.25) is 0 Å². The Kier molecular flexibility index (Phi) is 6.58. The summed E-state index contributed by atoms with van der Waals surface area (Å²) < 4.78 is 0.634. The molecule has 0 atom stereocenters. The van der Waals surface area contributed by atoms with E-state index in [4.69, 9.17) is 0 Å². The van der Waals surface area contributed by atoms with Crippen LogP contribution in [0.15, 0.2) is 29.6 Å². The Bertz CT molecular complexity index is 961. The van der Waals surface area contributed by atoms with Crippen LogP contribution in [0.1, 0.15) is 31.2 Å². The number of amides is 2.